The molecular weight excluding hydrogens is 779 g/mol. The van der Waals surface area contributed by atoms with Gasteiger partial charge in [0.25, 0.3) is 0 Å². The topological polar surface area (TPSA) is 174 Å². The van der Waals surface area contributed by atoms with Crippen LogP contribution in [0.25, 0.3) is 0 Å². The minimum Gasteiger partial charge on any atom is -0.376 e. The Morgan fingerprint density at radius 1 is 0.917 bits per heavy atom. The van der Waals surface area contributed by atoms with Gasteiger partial charge >= 0.3 is 10.2 Å². The van der Waals surface area contributed by atoms with Crippen molar-refractivity contribution in [3.63, 3.8) is 0 Å². The number of carbonyl (C=O) groups is 4. The van der Waals surface area contributed by atoms with E-state index >= 15 is 0 Å². The van der Waals surface area contributed by atoms with Crippen molar-refractivity contribution in [1.29, 1.82) is 0 Å². The number of amides is 4. The Morgan fingerprint density at radius 3 is 2.02 bits per heavy atom. The first-order valence-electron chi connectivity index (χ1n) is 23.1. The number of hydrogen-bond donors (Lipinski definition) is 4. The molecule has 0 bridgehead atoms. The third-order valence-electron chi connectivity index (χ3n) is 15.9. The average Bonchev–Trinajstić information content (AvgIpc) is 3.98. The van der Waals surface area contributed by atoms with Crippen molar-refractivity contribution in [1.82, 2.24) is 29.5 Å². The summed E-state index contributed by atoms with van der Waals surface area (Å²) in [5.74, 6) is -1.07. The van der Waals surface area contributed by atoms with Crippen LogP contribution in [0.5, 0.6) is 0 Å². The van der Waals surface area contributed by atoms with Crippen LogP contribution in [0.3, 0.4) is 0 Å². The molecule has 2 spiro atoms. The van der Waals surface area contributed by atoms with Crippen molar-refractivity contribution in [3.8, 4) is 0 Å². The van der Waals surface area contributed by atoms with Crippen molar-refractivity contribution in [2.45, 2.75) is 176 Å². The summed E-state index contributed by atoms with van der Waals surface area (Å²) < 4.78 is 26.7. The van der Waals surface area contributed by atoms with E-state index < -0.39 is 45.6 Å². The molecule has 6 fully saturated rings. The Hall–Kier alpha value is -2.97. The summed E-state index contributed by atoms with van der Waals surface area (Å²) >= 11 is 0. The molecule has 6 rings (SSSR count). The van der Waals surface area contributed by atoms with Crippen molar-refractivity contribution >= 4 is 33.8 Å². The fourth-order valence-electron chi connectivity index (χ4n) is 11.8. The Labute approximate surface area is 362 Å². The molecule has 340 valence electrons. The van der Waals surface area contributed by atoms with E-state index in [-0.39, 0.29) is 51.9 Å². The Bertz CT molecular complexity index is 1730. The molecule has 7 atom stereocenters. The fourth-order valence-corrected chi connectivity index (χ4v) is 13.1. The van der Waals surface area contributed by atoms with Gasteiger partial charge in [-0.1, -0.05) is 93.2 Å². The van der Waals surface area contributed by atoms with E-state index in [1.54, 1.807) is 24.8 Å². The lowest BCUT2D eigenvalue weighted by molar-refractivity contribution is -0.143. The molecule has 4 amide bonds. The van der Waals surface area contributed by atoms with Gasteiger partial charge in [-0.3, -0.25) is 24.1 Å². The first-order valence-corrected chi connectivity index (χ1v) is 24.5. The van der Waals surface area contributed by atoms with Crippen LogP contribution < -0.4 is 21.1 Å². The average molecular weight is 858 g/mol. The summed E-state index contributed by atoms with van der Waals surface area (Å²) in [5.41, 5.74) is 6.54. The largest absolute Gasteiger partial charge is 0.376 e. The van der Waals surface area contributed by atoms with Gasteiger partial charge in [-0.05, 0) is 99.8 Å². The molecule has 0 radical (unpaired) electrons. The first kappa shape index (κ1) is 48.1. The highest BCUT2D eigenvalue weighted by atomic mass is 32.2. The Morgan fingerprint density at radius 2 is 1.53 bits per heavy atom. The smallest absolute Gasteiger partial charge is 0.303 e. The number of piperidine rings is 1. The summed E-state index contributed by atoms with van der Waals surface area (Å²) in [6.45, 7) is 28.9. The van der Waals surface area contributed by atoms with Gasteiger partial charge in [0.05, 0.1) is 0 Å². The van der Waals surface area contributed by atoms with Gasteiger partial charge in [-0.2, -0.15) is 12.7 Å². The highest BCUT2D eigenvalue weighted by Gasteiger charge is 2.85. The number of allylic oxidation sites excluding steroid dienone is 1. The number of nitrogens with one attached hydrogen (secondary N) is 3. The number of likely N-dealkylation sites (tertiary alicyclic amines) is 2. The van der Waals surface area contributed by atoms with E-state index in [1.165, 1.54) is 23.6 Å². The Kier molecular flexibility index (Phi) is 14.7. The molecule has 14 heteroatoms. The molecule has 2 aliphatic heterocycles. The van der Waals surface area contributed by atoms with Gasteiger partial charge in [-0.15, -0.1) is 6.58 Å². The van der Waals surface area contributed by atoms with Gasteiger partial charge in [-0.25, -0.2) is 4.72 Å². The number of hydrogen-bond acceptors (Lipinski definition) is 8. The summed E-state index contributed by atoms with van der Waals surface area (Å²) in [7, 11) is -3.66. The summed E-state index contributed by atoms with van der Waals surface area (Å²) in [5, 5.41) is 6.90. The number of fused-ring (bicyclic) bond motifs is 1. The van der Waals surface area contributed by atoms with Crippen LogP contribution in [0.4, 0.5) is 0 Å². The van der Waals surface area contributed by atoms with Crippen LogP contribution in [0.2, 0.25) is 0 Å². The van der Waals surface area contributed by atoms with E-state index in [1.807, 2.05) is 20.8 Å². The molecule has 1 unspecified atom stereocenters. The van der Waals surface area contributed by atoms with E-state index in [4.69, 9.17) is 5.73 Å². The maximum Gasteiger partial charge on any atom is 0.303 e. The monoisotopic (exact) mass is 858 g/mol. The molecule has 5 N–H and O–H groups in total. The van der Waals surface area contributed by atoms with E-state index in [0.717, 1.165) is 63.6 Å². The first-order chi connectivity index (χ1) is 28.0. The molecule has 6 aliphatic rings. The maximum absolute atomic E-state index is 14.5. The summed E-state index contributed by atoms with van der Waals surface area (Å²) in [6, 6.07) is -1.26. The number of carbonyl (C=O) groups excluding carboxylic acids is 4. The lowest BCUT2D eigenvalue weighted by Crippen LogP contribution is -2.61. The van der Waals surface area contributed by atoms with E-state index in [0.29, 0.717) is 38.5 Å². The predicted octanol–water partition coefficient (Wildman–Crippen LogP) is 5.63. The minimum atomic E-state index is -3.66. The maximum atomic E-state index is 14.5. The molecule has 13 nitrogen and oxygen atoms in total. The third-order valence-corrected chi connectivity index (χ3v) is 17.6. The highest BCUT2D eigenvalue weighted by Crippen LogP contribution is 2.88. The van der Waals surface area contributed by atoms with Gasteiger partial charge in [0.1, 0.15) is 18.1 Å². The zero-order chi connectivity index (χ0) is 44.6. The lowest BCUT2D eigenvalue weighted by atomic mass is 9.73. The van der Waals surface area contributed by atoms with Crippen molar-refractivity contribution in [3.05, 3.63) is 24.9 Å². The SMILES string of the molecule is C=C(NC(C(=O)N[C@H](C(=O)N1C[C@]2(C[C@H]1C(N)=O)C(C)(C)C21CCC1)C(C)(C)C)C1CCCCC1)[C@H]1CCCCN1C(C)C.C=C[C@@H]1C[C@@H]1C(=O)NS(=O)(=O)N(CC)CC. The van der Waals surface area contributed by atoms with Gasteiger partial charge in [0.2, 0.25) is 23.6 Å². The second-order valence-corrected chi connectivity index (χ2v) is 22.4. The zero-order valence-electron chi connectivity index (χ0n) is 38.4. The number of nitrogens with zero attached hydrogens (tertiary/aromatic N) is 3. The molecule has 4 aliphatic carbocycles. The zero-order valence-corrected chi connectivity index (χ0v) is 39.2. The van der Waals surface area contributed by atoms with Crippen molar-refractivity contribution < 1.29 is 27.6 Å². The summed E-state index contributed by atoms with van der Waals surface area (Å²) in [4.78, 5) is 57.6. The predicted molar refractivity (Wildman–Crippen MR) is 237 cm³/mol. The standard InChI is InChI=1S/C36H61N5O3.C10H18N2O3S/c1-23(2)40-20-13-12-17-26(40)24(3)38-28(25-15-10-9-11-16-25)31(43)39-29(33(4,5)6)32(44)41-22-36(21-27(41)30(37)42)34(7,8)35(36)18-14-19-35;1-4-8-7-9(8)10(13)11-16(14,15)12(5-2)6-3/h23,25-29,38H,3,9-22H2,1-2,4-8H3,(H2,37,42)(H,39,43);4,8-9H,1,5-7H2,2-3H3,(H,11,13)/t26-,27+,28?,29-,36-;8-,9+/m11/s1. The number of primary amides is 1. The third kappa shape index (κ3) is 9.22. The lowest BCUT2D eigenvalue weighted by Gasteiger charge is -2.42. The molecule has 0 aromatic carbocycles. The van der Waals surface area contributed by atoms with Crippen LogP contribution in [0.1, 0.15) is 146 Å². The molecule has 2 heterocycles. The van der Waals surface area contributed by atoms with E-state index in [2.05, 4.69) is 61.1 Å². The minimum absolute atomic E-state index is 0.0702. The quantitative estimate of drug-likeness (QED) is 0.154. The van der Waals surface area contributed by atoms with E-state index in [9.17, 15) is 27.6 Å². The van der Waals surface area contributed by atoms with Crippen LogP contribution in [0, 0.1) is 39.4 Å². The highest BCUT2D eigenvalue weighted by molar-refractivity contribution is 7.87. The molecule has 0 aromatic rings. The molecular formula is C46H79N7O6S. The van der Waals surface area contributed by atoms with Crippen LogP contribution in [-0.2, 0) is 29.4 Å². The number of nitrogens with two attached hydrogens (primary N) is 1. The van der Waals surface area contributed by atoms with Crippen LogP contribution in [0.15, 0.2) is 24.9 Å². The second-order valence-electron chi connectivity index (χ2n) is 20.7. The normalized spacial score (nSPS) is 29.5. The van der Waals surface area contributed by atoms with Gasteiger partial charge in [0.15, 0.2) is 0 Å². The van der Waals surface area contributed by atoms with Gasteiger partial charge in [0, 0.05) is 48.7 Å². The Balaban J connectivity index is 0.000000359. The van der Waals surface area contributed by atoms with Crippen molar-refractivity contribution in [2.75, 3.05) is 26.2 Å². The van der Waals surface area contributed by atoms with Crippen LogP contribution in [-0.4, -0.2) is 103 Å². The summed E-state index contributed by atoms with van der Waals surface area (Å²) in [6.07, 6.45) is 15.3. The van der Waals surface area contributed by atoms with Crippen molar-refractivity contribution in [2.24, 2.45) is 45.1 Å². The molecule has 2 saturated heterocycles. The molecule has 0 aromatic heterocycles. The molecule has 4 saturated carbocycles. The fraction of sp³-hybridized carbons (Fsp3) is 0.826. The molecule has 60 heavy (non-hydrogen) atoms. The van der Waals surface area contributed by atoms with Crippen LogP contribution >= 0.6 is 0 Å². The van der Waals surface area contributed by atoms with Gasteiger partial charge < -0.3 is 21.3 Å². The number of rotatable bonds is 15. The second kappa shape index (κ2) is 18.4.